The average Bonchev–Trinajstić information content (AvgIpc) is 2.89. The second kappa shape index (κ2) is 6.90. The van der Waals surface area contributed by atoms with E-state index in [1.165, 1.54) is 11.6 Å². The maximum atomic E-state index is 12.6. The minimum Gasteiger partial charge on any atom is -0.388 e. The first-order valence-corrected chi connectivity index (χ1v) is 8.22. The molecule has 0 saturated heterocycles. The van der Waals surface area contributed by atoms with Crippen LogP contribution in [0.25, 0.3) is 11.2 Å². The molecule has 0 bridgehead atoms. The average molecular weight is 337 g/mol. The SMILES string of the molecule is CC(C)N(CCn1c(CO)nc2c1c(=O)n(C)c(=O)n2C)C(C)C. The Kier molecular flexibility index (Phi) is 5.29. The van der Waals surface area contributed by atoms with Gasteiger partial charge in [0.15, 0.2) is 11.2 Å². The van der Waals surface area contributed by atoms with Gasteiger partial charge in [-0.25, -0.2) is 9.78 Å². The summed E-state index contributed by atoms with van der Waals surface area (Å²) in [6, 6.07) is 0.731. The Morgan fingerprint density at radius 1 is 1.08 bits per heavy atom. The Morgan fingerprint density at radius 3 is 2.17 bits per heavy atom. The van der Waals surface area contributed by atoms with E-state index in [2.05, 4.69) is 37.6 Å². The van der Waals surface area contributed by atoms with Gasteiger partial charge in [0.05, 0.1) is 0 Å². The van der Waals surface area contributed by atoms with Crippen molar-refractivity contribution in [3.05, 3.63) is 26.7 Å². The monoisotopic (exact) mass is 337 g/mol. The third-order valence-corrected chi connectivity index (χ3v) is 4.48. The first-order valence-electron chi connectivity index (χ1n) is 8.22. The lowest BCUT2D eigenvalue weighted by atomic mass is 10.2. The fourth-order valence-corrected chi connectivity index (χ4v) is 3.18. The Morgan fingerprint density at radius 2 is 1.67 bits per heavy atom. The standard InChI is InChI=1S/C16H27N5O3/c1-10(2)20(11(3)4)7-8-21-12(9-22)17-14-13(21)15(23)19(6)16(24)18(14)5/h10-11,22H,7-9H2,1-6H3. The summed E-state index contributed by atoms with van der Waals surface area (Å²) in [4.78, 5) is 31.2. The van der Waals surface area contributed by atoms with Crippen molar-refractivity contribution >= 4 is 11.2 Å². The van der Waals surface area contributed by atoms with Crippen LogP contribution >= 0.6 is 0 Å². The third kappa shape index (κ3) is 3.03. The van der Waals surface area contributed by atoms with Crippen LogP contribution in [0, 0.1) is 0 Å². The Bertz CT molecular complexity index is 836. The molecule has 0 aliphatic rings. The van der Waals surface area contributed by atoms with E-state index in [1.54, 1.807) is 11.6 Å². The fourth-order valence-electron chi connectivity index (χ4n) is 3.18. The number of rotatable bonds is 6. The molecule has 0 atom stereocenters. The second-order valence-electron chi connectivity index (χ2n) is 6.64. The van der Waals surface area contributed by atoms with Crippen molar-refractivity contribution in [2.75, 3.05) is 6.54 Å². The van der Waals surface area contributed by atoms with Crippen LogP contribution in [0.4, 0.5) is 0 Å². The molecule has 0 aliphatic carbocycles. The van der Waals surface area contributed by atoms with Crippen molar-refractivity contribution in [3.63, 3.8) is 0 Å². The maximum Gasteiger partial charge on any atom is 0.332 e. The summed E-state index contributed by atoms with van der Waals surface area (Å²) in [5.74, 6) is 0.399. The second-order valence-corrected chi connectivity index (χ2v) is 6.64. The first kappa shape index (κ1) is 18.4. The van der Waals surface area contributed by atoms with Crippen LogP contribution in [0.1, 0.15) is 33.5 Å². The molecule has 0 aliphatic heterocycles. The van der Waals surface area contributed by atoms with Gasteiger partial charge in [-0.05, 0) is 27.7 Å². The van der Waals surface area contributed by atoms with Crippen LogP contribution in [-0.4, -0.2) is 47.3 Å². The predicted molar refractivity (Wildman–Crippen MR) is 93.1 cm³/mol. The number of hydrogen-bond acceptors (Lipinski definition) is 5. The van der Waals surface area contributed by atoms with Crippen molar-refractivity contribution in [3.8, 4) is 0 Å². The number of aryl methyl sites for hydroxylation is 1. The van der Waals surface area contributed by atoms with Gasteiger partial charge < -0.3 is 9.67 Å². The Labute approximate surface area is 141 Å². The molecule has 2 aromatic heterocycles. The van der Waals surface area contributed by atoms with Crippen molar-refractivity contribution in [2.45, 2.75) is 52.9 Å². The highest BCUT2D eigenvalue weighted by Crippen LogP contribution is 2.13. The first-order chi connectivity index (χ1) is 11.2. The van der Waals surface area contributed by atoms with E-state index in [9.17, 15) is 14.7 Å². The van der Waals surface area contributed by atoms with Crippen LogP contribution in [0.15, 0.2) is 9.59 Å². The Hall–Kier alpha value is -1.93. The molecule has 134 valence electrons. The Balaban J connectivity index is 2.58. The van der Waals surface area contributed by atoms with Crippen LogP contribution < -0.4 is 11.2 Å². The van der Waals surface area contributed by atoms with E-state index in [4.69, 9.17) is 0 Å². The van der Waals surface area contributed by atoms with Crippen LogP contribution in [0.3, 0.4) is 0 Å². The summed E-state index contributed by atoms with van der Waals surface area (Å²) in [5, 5.41) is 9.63. The highest BCUT2D eigenvalue weighted by atomic mass is 16.3. The van der Waals surface area contributed by atoms with Gasteiger partial charge in [-0.3, -0.25) is 18.8 Å². The number of nitrogens with zero attached hydrogens (tertiary/aromatic N) is 5. The number of aliphatic hydroxyl groups is 1. The lowest BCUT2D eigenvalue weighted by Gasteiger charge is -2.30. The zero-order chi connectivity index (χ0) is 18.2. The third-order valence-electron chi connectivity index (χ3n) is 4.48. The van der Waals surface area contributed by atoms with Crippen molar-refractivity contribution in [1.29, 1.82) is 0 Å². The van der Waals surface area contributed by atoms with E-state index in [1.807, 2.05) is 0 Å². The molecular formula is C16H27N5O3. The summed E-state index contributed by atoms with van der Waals surface area (Å²) >= 11 is 0. The summed E-state index contributed by atoms with van der Waals surface area (Å²) in [6.45, 7) is 9.47. The molecule has 0 spiro atoms. The van der Waals surface area contributed by atoms with Crippen molar-refractivity contribution in [1.82, 2.24) is 23.6 Å². The molecule has 0 aromatic carbocycles. The highest BCUT2D eigenvalue weighted by molar-refractivity contribution is 5.71. The molecule has 2 aromatic rings. The molecule has 2 rings (SSSR count). The molecule has 0 fully saturated rings. The van der Waals surface area contributed by atoms with Gasteiger partial charge in [0.25, 0.3) is 5.56 Å². The summed E-state index contributed by atoms with van der Waals surface area (Å²) in [7, 11) is 3.03. The summed E-state index contributed by atoms with van der Waals surface area (Å²) < 4.78 is 4.15. The van der Waals surface area contributed by atoms with Crippen LogP contribution in [0.5, 0.6) is 0 Å². The van der Waals surface area contributed by atoms with E-state index in [-0.39, 0.29) is 12.2 Å². The van der Waals surface area contributed by atoms with Gasteiger partial charge >= 0.3 is 5.69 Å². The number of aliphatic hydroxyl groups excluding tert-OH is 1. The number of hydrogen-bond donors (Lipinski definition) is 1. The predicted octanol–water partition coefficient (Wildman–Crippen LogP) is 0.0448. The van der Waals surface area contributed by atoms with Crippen LogP contribution in [0.2, 0.25) is 0 Å². The minimum atomic E-state index is -0.423. The van der Waals surface area contributed by atoms with Gasteiger partial charge in [0.2, 0.25) is 0 Å². The van der Waals surface area contributed by atoms with Crippen molar-refractivity contribution < 1.29 is 5.11 Å². The quantitative estimate of drug-likeness (QED) is 0.805. The number of aromatic nitrogens is 4. The maximum absolute atomic E-state index is 12.6. The molecule has 1 N–H and O–H groups in total. The number of fused-ring (bicyclic) bond motifs is 1. The van der Waals surface area contributed by atoms with Gasteiger partial charge in [0.1, 0.15) is 12.4 Å². The normalized spacial score (nSPS) is 12.2. The molecule has 2 heterocycles. The van der Waals surface area contributed by atoms with E-state index in [0.717, 1.165) is 11.1 Å². The topological polar surface area (TPSA) is 85.3 Å². The zero-order valence-corrected chi connectivity index (χ0v) is 15.3. The molecular weight excluding hydrogens is 310 g/mol. The smallest absolute Gasteiger partial charge is 0.332 e. The summed E-state index contributed by atoms with van der Waals surface area (Å²) in [6.07, 6.45) is 0. The molecule has 0 unspecified atom stereocenters. The minimum absolute atomic E-state index is 0.282. The lowest BCUT2D eigenvalue weighted by Crippen LogP contribution is -2.40. The fraction of sp³-hybridized carbons (Fsp3) is 0.688. The molecule has 0 saturated carbocycles. The summed E-state index contributed by atoms with van der Waals surface area (Å²) in [5.41, 5.74) is -0.141. The lowest BCUT2D eigenvalue weighted by molar-refractivity contribution is 0.166. The van der Waals surface area contributed by atoms with Crippen LogP contribution in [-0.2, 0) is 27.2 Å². The molecule has 0 radical (unpaired) electrons. The number of imidazole rings is 1. The zero-order valence-electron chi connectivity index (χ0n) is 15.3. The van der Waals surface area contributed by atoms with Gasteiger partial charge in [0, 0.05) is 39.3 Å². The highest BCUT2D eigenvalue weighted by Gasteiger charge is 2.20. The largest absolute Gasteiger partial charge is 0.388 e. The molecule has 0 amide bonds. The van der Waals surface area contributed by atoms with E-state index >= 15 is 0 Å². The molecule has 24 heavy (non-hydrogen) atoms. The van der Waals surface area contributed by atoms with Crippen molar-refractivity contribution in [2.24, 2.45) is 14.1 Å². The molecule has 8 heteroatoms. The van der Waals surface area contributed by atoms with E-state index in [0.29, 0.717) is 35.6 Å². The molecule has 8 nitrogen and oxygen atoms in total. The van der Waals surface area contributed by atoms with Gasteiger partial charge in [-0.2, -0.15) is 0 Å². The van der Waals surface area contributed by atoms with Gasteiger partial charge in [-0.1, -0.05) is 0 Å². The van der Waals surface area contributed by atoms with E-state index < -0.39 is 5.69 Å². The van der Waals surface area contributed by atoms with Gasteiger partial charge in [-0.15, -0.1) is 0 Å².